The number of anilines is 1. The minimum absolute atomic E-state index is 0.0124. The van der Waals surface area contributed by atoms with E-state index in [2.05, 4.69) is 0 Å². The molecule has 0 aromatic heterocycles. The highest BCUT2D eigenvalue weighted by Crippen LogP contribution is 2.32. The van der Waals surface area contributed by atoms with Gasteiger partial charge in [-0.2, -0.15) is 13.2 Å². The molecule has 2 aliphatic rings. The normalized spacial score (nSPS) is 22.5. The van der Waals surface area contributed by atoms with Gasteiger partial charge in [0.25, 0.3) is 5.91 Å². The summed E-state index contributed by atoms with van der Waals surface area (Å²) in [5, 5.41) is 0. The van der Waals surface area contributed by atoms with Gasteiger partial charge in [0.1, 0.15) is 6.10 Å². The van der Waals surface area contributed by atoms with Gasteiger partial charge in [-0.3, -0.25) is 4.79 Å². The molecule has 2 heterocycles. The van der Waals surface area contributed by atoms with Crippen LogP contribution in [0.15, 0.2) is 24.3 Å². The van der Waals surface area contributed by atoms with E-state index in [1.54, 1.807) is 11.0 Å². The fourth-order valence-electron chi connectivity index (χ4n) is 3.20. The number of hydrogen-bond acceptors (Lipinski definition) is 3. The van der Waals surface area contributed by atoms with Crippen LogP contribution >= 0.6 is 0 Å². The lowest BCUT2D eigenvalue weighted by Gasteiger charge is -2.38. The summed E-state index contributed by atoms with van der Waals surface area (Å²) in [6.45, 7) is 2.70. The Labute approximate surface area is 139 Å². The monoisotopic (exact) mass is 342 g/mol. The third-order valence-electron chi connectivity index (χ3n) is 4.59. The molecule has 0 spiro atoms. The zero-order chi connectivity index (χ0) is 17.2. The highest BCUT2D eigenvalue weighted by atomic mass is 19.4. The first-order valence-electron chi connectivity index (χ1n) is 8.28. The van der Waals surface area contributed by atoms with Gasteiger partial charge in [-0.15, -0.1) is 0 Å². The summed E-state index contributed by atoms with van der Waals surface area (Å²) in [6.07, 6.45) is -1.94. The average molecular weight is 342 g/mol. The van der Waals surface area contributed by atoms with E-state index >= 15 is 0 Å². The van der Waals surface area contributed by atoms with Gasteiger partial charge in [0.15, 0.2) is 0 Å². The van der Waals surface area contributed by atoms with Crippen LogP contribution in [0.2, 0.25) is 0 Å². The third-order valence-corrected chi connectivity index (χ3v) is 4.59. The summed E-state index contributed by atoms with van der Waals surface area (Å²) in [5.74, 6) is 0.0124. The van der Waals surface area contributed by atoms with Gasteiger partial charge in [0.2, 0.25) is 0 Å². The lowest BCUT2D eigenvalue weighted by atomic mass is 10.1. The van der Waals surface area contributed by atoms with E-state index in [1.165, 1.54) is 12.1 Å². The van der Waals surface area contributed by atoms with E-state index in [-0.39, 0.29) is 12.0 Å². The van der Waals surface area contributed by atoms with E-state index < -0.39 is 11.7 Å². The van der Waals surface area contributed by atoms with Crippen molar-refractivity contribution in [3.8, 4) is 0 Å². The molecule has 4 nitrogen and oxygen atoms in total. The second-order valence-corrected chi connectivity index (χ2v) is 6.22. The van der Waals surface area contributed by atoms with E-state index in [4.69, 9.17) is 4.74 Å². The van der Waals surface area contributed by atoms with Crippen LogP contribution in [0, 0.1) is 0 Å². The van der Waals surface area contributed by atoms with Crippen molar-refractivity contribution < 1.29 is 22.7 Å². The van der Waals surface area contributed by atoms with Crippen molar-refractivity contribution in [1.82, 2.24) is 4.90 Å². The van der Waals surface area contributed by atoms with E-state index in [9.17, 15) is 18.0 Å². The topological polar surface area (TPSA) is 32.8 Å². The molecule has 24 heavy (non-hydrogen) atoms. The Morgan fingerprint density at radius 1 is 1.12 bits per heavy atom. The van der Waals surface area contributed by atoms with Gasteiger partial charge >= 0.3 is 6.18 Å². The summed E-state index contributed by atoms with van der Waals surface area (Å²) in [5.41, 5.74) is -0.0973. The zero-order valence-corrected chi connectivity index (χ0v) is 13.4. The van der Waals surface area contributed by atoms with Crippen LogP contribution < -0.4 is 4.90 Å². The lowest BCUT2D eigenvalue weighted by Crippen LogP contribution is -2.52. The highest BCUT2D eigenvalue weighted by Gasteiger charge is 2.32. The number of hydrogen-bond donors (Lipinski definition) is 0. The van der Waals surface area contributed by atoms with Crippen molar-refractivity contribution >= 4 is 11.6 Å². The van der Waals surface area contributed by atoms with Gasteiger partial charge in [0.05, 0.1) is 5.56 Å². The summed E-state index contributed by atoms with van der Waals surface area (Å²) < 4.78 is 44.0. The molecule has 2 fully saturated rings. The Kier molecular flexibility index (Phi) is 4.99. The summed E-state index contributed by atoms with van der Waals surface area (Å²) in [7, 11) is 0. The van der Waals surface area contributed by atoms with E-state index in [1.807, 2.05) is 4.90 Å². The first-order chi connectivity index (χ1) is 11.4. The van der Waals surface area contributed by atoms with E-state index in [0.29, 0.717) is 38.5 Å². The fourth-order valence-corrected chi connectivity index (χ4v) is 3.20. The van der Waals surface area contributed by atoms with Gasteiger partial charge in [-0.25, -0.2) is 0 Å². The summed E-state index contributed by atoms with van der Waals surface area (Å²) >= 11 is 0. The quantitative estimate of drug-likeness (QED) is 0.828. The van der Waals surface area contributed by atoms with Crippen molar-refractivity contribution in [2.45, 2.75) is 31.5 Å². The smallest absolute Gasteiger partial charge is 0.368 e. The minimum atomic E-state index is -4.34. The Hall–Kier alpha value is -1.76. The molecule has 0 bridgehead atoms. The lowest BCUT2D eigenvalue weighted by molar-refractivity contribution is -0.146. The minimum Gasteiger partial charge on any atom is -0.368 e. The molecule has 0 unspecified atom stereocenters. The molecular formula is C17H21F3N2O2. The second-order valence-electron chi connectivity index (χ2n) is 6.22. The Bertz CT molecular complexity index is 577. The Morgan fingerprint density at radius 3 is 2.50 bits per heavy atom. The molecule has 2 aliphatic heterocycles. The van der Waals surface area contributed by atoms with Crippen LogP contribution in [-0.4, -0.2) is 49.7 Å². The molecule has 132 valence electrons. The molecular weight excluding hydrogens is 321 g/mol. The molecule has 7 heteroatoms. The van der Waals surface area contributed by atoms with Gasteiger partial charge in [-0.1, -0.05) is 6.07 Å². The molecule has 1 atom stereocenters. The maximum Gasteiger partial charge on any atom is 0.416 e. The van der Waals surface area contributed by atoms with Crippen LogP contribution in [0.3, 0.4) is 0 Å². The number of alkyl halides is 3. The molecule has 1 aromatic rings. The van der Waals surface area contributed by atoms with Crippen LogP contribution in [0.25, 0.3) is 0 Å². The molecule has 1 amide bonds. The number of benzene rings is 1. The summed E-state index contributed by atoms with van der Waals surface area (Å²) in [6, 6.07) is 5.34. The van der Waals surface area contributed by atoms with Crippen molar-refractivity contribution in [2.24, 2.45) is 0 Å². The standard InChI is InChI=1S/C17H21F3N2O2/c18-17(19,20)13-4-3-5-14(12-13)21-7-9-22(10-8-21)16(23)15-6-1-2-11-24-15/h3-5,12,15H,1-2,6-11H2/t15-/m0/s1. The number of ether oxygens (including phenoxy) is 1. The molecule has 2 saturated heterocycles. The number of rotatable bonds is 2. The highest BCUT2D eigenvalue weighted by molar-refractivity contribution is 5.81. The third kappa shape index (κ3) is 3.83. The maximum absolute atomic E-state index is 12.8. The first-order valence-corrected chi connectivity index (χ1v) is 8.28. The number of carbonyl (C=O) groups is 1. The Balaban J connectivity index is 1.60. The van der Waals surface area contributed by atoms with Crippen molar-refractivity contribution in [2.75, 3.05) is 37.7 Å². The van der Waals surface area contributed by atoms with Gasteiger partial charge in [0, 0.05) is 38.5 Å². The molecule has 0 saturated carbocycles. The number of piperazine rings is 1. The van der Waals surface area contributed by atoms with Crippen LogP contribution in [0.1, 0.15) is 24.8 Å². The van der Waals surface area contributed by atoms with Crippen molar-refractivity contribution in [3.63, 3.8) is 0 Å². The number of halogens is 3. The maximum atomic E-state index is 12.8. The van der Waals surface area contributed by atoms with Crippen molar-refractivity contribution in [1.29, 1.82) is 0 Å². The molecule has 1 aromatic carbocycles. The van der Waals surface area contributed by atoms with E-state index in [0.717, 1.165) is 25.3 Å². The van der Waals surface area contributed by atoms with Crippen LogP contribution in [0.5, 0.6) is 0 Å². The van der Waals surface area contributed by atoms with Crippen LogP contribution in [-0.2, 0) is 15.7 Å². The zero-order valence-electron chi connectivity index (χ0n) is 13.4. The second kappa shape index (κ2) is 7.01. The van der Waals surface area contributed by atoms with Gasteiger partial charge < -0.3 is 14.5 Å². The molecule has 0 radical (unpaired) electrons. The predicted octanol–water partition coefficient (Wildman–Crippen LogP) is 2.92. The average Bonchev–Trinajstić information content (AvgIpc) is 2.61. The molecule has 0 aliphatic carbocycles. The van der Waals surface area contributed by atoms with Crippen LogP contribution in [0.4, 0.5) is 18.9 Å². The number of carbonyl (C=O) groups excluding carboxylic acids is 1. The van der Waals surface area contributed by atoms with Gasteiger partial charge in [-0.05, 0) is 37.5 Å². The van der Waals surface area contributed by atoms with Crippen molar-refractivity contribution in [3.05, 3.63) is 29.8 Å². The first kappa shape index (κ1) is 17.1. The largest absolute Gasteiger partial charge is 0.416 e. The fraction of sp³-hybridized carbons (Fsp3) is 0.588. The molecule has 0 N–H and O–H groups in total. The SMILES string of the molecule is O=C([C@@H]1CCCCO1)N1CCN(c2cccc(C(F)(F)F)c2)CC1. The molecule has 3 rings (SSSR count). The predicted molar refractivity (Wildman–Crippen MR) is 83.8 cm³/mol. The summed E-state index contributed by atoms with van der Waals surface area (Å²) in [4.78, 5) is 16.1. The number of amides is 1. The number of nitrogens with zero attached hydrogens (tertiary/aromatic N) is 2. The Morgan fingerprint density at radius 2 is 1.88 bits per heavy atom.